The summed E-state index contributed by atoms with van der Waals surface area (Å²) in [5, 5.41) is 12.1. The lowest BCUT2D eigenvalue weighted by Crippen LogP contribution is -2.31. The van der Waals surface area contributed by atoms with Gasteiger partial charge in [-0.05, 0) is 31.8 Å². The zero-order chi connectivity index (χ0) is 12.3. The number of aromatic nitrogens is 3. The van der Waals surface area contributed by atoms with Gasteiger partial charge in [0, 0.05) is 18.9 Å². The summed E-state index contributed by atoms with van der Waals surface area (Å²) in [6.07, 6.45) is 3.53. The van der Waals surface area contributed by atoms with Crippen molar-refractivity contribution < 1.29 is 0 Å². The number of fused-ring (bicyclic) bond motifs is 1. The maximum absolute atomic E-state index is 4.32. The van der Waals surface area contributed by atoms with Gasteiger partial charge in [0.2, 0.25) is 0 Å². The third-order valence-corrected chi connectivity index (χ3v) is 3.45. The lowest BCUT2D eigenvalue weighted by atomic mass is 9.98. The lowest BCUT2D eigenvalue weighted by Gasteiger charge is -2.25. The molecule has 1 aliphatic heterocycles. The fourth-order valence-corrected chi connectivity index (χ4v) is 2.49. The second-order valence-corrected chi connectivity index (χ2v) is 5.35. The topological polar surface area (TPSA) is 42.7 Å². The first-order valence-corrected chi connectivity index (χ1v) is 6.85. The van der Waals surface area contributed by atoms with Crippen LogP contribution in [0.25, 0.3) is 0 Å². The SMILES string of the molecule is CCCNC[C@@H]1CCc2nnc(C(C)C)n2C1. The van der Waals surface area contributed by atoms with Crippen molar-refractivity contribution in [1.82, 2.24) is 20.1 Å². The second kappa shape index (κ2) is 5.63. The number of aryl methyl sites for hydroxylation is 1. The predicted octanol–water partition coefficient (Wildman–Crippen LogP) is 1.96. The molecule has 96 valence electrons. The van der Waals surface area contributed by atoms with Crippen LogP contribution in [0.4, 0.5) is 0 Å². The zero-order valence-electron chi connectivity index (χ0n) is 11.2. The van der Waals surface area contributed by atoms with Crippen molar-refractivity contribution in [2.75, 3.05) is 13.1 Å². The Labute approximate surface area is 104 Å². The van der Waals surface area contributed by atoms with E-state index in [1.807, 2.05) is 0 Å². The van der Waals surface area contributed by atoms with Crippen LogP contribution < -0.4 is 5.32 Å². The van der Waals surface area contributed by atoms with Gasteiger partial charge in [-0.25, -0.2) is 0 Å². The Morgan fingerprint density at radius 3 is 2.94 bits per heavy atom. The molecule has 4 heteroatoms. The largest absolute Gasteiger partial charge is 0.316 e. The van der Waals surface area contributed by atoms with Crippen molar-refractivity contribution in [3.8, 4) is 0 Å². The molecule has 2 heterocycles. The van der Waals surface area contributed by atoms with Crippen molar-refractivity contribution in [2.24, 2.45) is 5.92 Å². The summed E-state index contributed by atoms with van der Waals surface area (Å²) in [5.74, 6) is 3.54. The van der Waals surface area contributed by atoms with E-state index in [1.54, 1.807) is 0 Å². The molecule has 0 radical (unpaired) electrons. The molecule has 1 atom stereocenters. The molecule has 0 saturated heterocycles. The quantitative estimate of drug-likeness (QED) is 0.795. The van der Waals surface area contributed by atoms with Gasteiger partial charge in [0.25, 0.3) is 0 Å². The van der Waals surface area contributed by atoms with Crippen molar-refractivity contribution >= 4 is 0 Å². The summed E-state index contributed by atoms with van der Waals surface area (Å²) in [6, 6.07) is 0. The van der Waals surface area contributed by atoms with Gasteiger partial charge in [0.05, 0.1) is 0 Å². The summed E-state index contributed by atoms with van der Waals surface area (Å²) >= 11 is 0. The van der Waals surface area contributed by atoms with Crippen LogP contribution in [0.1, 0.15) is 51.2 Å². The minimum Gasteiger partial charge on any atom is -0.316 e. The summed E-state index contributed by atoms with van der Waals surface area (Å²) in [4.78, 5) is 0. The first kappa shape index (κ1) is 12.6. The van der Waals surface area contributed by atoms with Gasteiger partial charge in [-0.3, -0.25) is 0 Å². The van der Waals surface area contributed by atoms with Crippen molar-refractivity contribution in [2.45, 2.75) is 52.5 Å². The molecule has 17 heavy (non-hydrogen) atoms. The molecule has 1 aliphatic rings. The standard InChI is InChI=1S/C13H24N4/c1-4-7-14-8-11-5-6-12-15-16-13(10(2)3)17(12)9-11/h10-11,14H,4-9H2,1-3H3/t11-/m0/s1. The third kappa shape index (κ3) is 2.86. The highest BCUT2D eigenvalue weighted by atomic mass is 15.3. The Balaban J connectivity index is 1.99. The Hall–Kier alpha value is -0.900. The molecule has 0 fully saturated rings. The molecule has 0 unspecified atom stereocenters. The first-order valence-electron chi connectivity index (χ1n) is 6.85. The Morgan fingerprint density at radius 1 is 1.41 bits per heavy atom. The van der Waals surface area contributed by atoms with Gasteiger partial charge in [0.15, 0.2) is 0 Å². The van der Waals surface area contributed by atoms with E-state index in [1.165, 1.54) is 18.7 Å². The fraction of sp³-hybridized carbons (Fsp3) is 0.846. The molecule has 0 aromatic carbocycles. The molecule has 0 aliphatic carbocycles. The Morgan fingerprint density at radius 2 is 2.24 bits per heavy atom. The predicted molar refractivity (Wildman–Crippen MR) is 69.1 cm³/mol. The molecule has 1 N–H and O–H groups in total. The smallest absolute Gasteiger partial charge is 0.135 e. The van der Waals surface area contributed by atoms with Gasteiger partial charge in [-0.2, -0.15) is 0 Å². The van der Waals surface area contributed by atoms with Crippen LogP contribution in [-0.2, 0) is 13.0 Å². The zero-order valence-corrected chi connectivity index (χ0v) is 11.2. The summed E-state index contributed by atoms with van der Waals surface area (Å²) in [7, 11) is 0. The molecule has 0 bridgehead atoms. The molecule has 0 saturated carbocycles. The number of rotatable bonds is 5. The normalized spacial score (nSPS) is 19.6. The molecular formula is C13H24N4. The second-order valence-electron chi connectivity index (χ2n) is 5.35. The molecule has 0 spiro atoms. The average molecular weight is 236 g/mol. The Bertz CT molecular complexity index is 356. The number of hydrogen-bond donors (Lipinski definition) is 1. The molecule has 1 aromatic rings. The number of hydrogen-bond acceptors (Lipinski definition) is 3. The molecule has 0 amide bonds. The van der Waals surface area contributed by atoms with E-state index in [9.17, 15) is 0 Å². The van der Waals surface area contributed by atoms with Gasteiger partial charge >= 0.3 is 0 Å². The molecule has 2 rings (SSSR count). The minimum absolute atomic E-state index is 0.471. The minimum atomic E-state index is 0.471. The molecule has 4 nitrogen and oxygen atoms in total. The van der Waals surface area contributed by atoms with E-state index >= 15 is 0 Å². The highest BCUT2D eigenvalue weighted by molar-refractivity contribution is 5.03. The van der Waals surface area contributed by atoms with Crippen LogP contribution >= 0.6 is 0 Å². The molecule has 1 aromatic heterocycles. The van der Waals surface area contributed by atoms with Gasteiger partial charge in [-0.1, -0.05) is 20.8 Å². The van der Waals surface area contributed by atoms with E-state index in [4.69, 9.17) is 0 Å². The van der Waals surface area contributed by atoms with Crippen LogP contribution in [-0.4, -0.2) is 27.9 Å². The number of nitrogens with one attached hydrogen (secondary N) is 1. The monoisotopic (exact) mass is 236 g/mol. The molecular weight excluding hydrogens is 212 g/mol. The van der Waals surface area contributed by atoms with E-state index in [-0.39, 0.29) is 0 Å². The fourth-order valence-electron chi connectivity index (χ4n) is 2.49. The van der Waals surface area contributed by atoms with Crippen LogP contribution in [0.15, 0.2) is 0 Å². The lowest BCUT2D eigenvalue weighted by molar-refractivity contribution is 0.341. The van der Waals surface area contributed by atoms with Crippen LogP contribution in [0.3, 0.4) is 0 Å². The van der Waals surface area contributed by atoms with E-state index in [2.05, 4.69) is 40.9 Å². The maximum Gasteiger partial charge on any atom is 0.135 e. The van der Waals surface area contributed by atoms with Crippen LogP contribution in [0.2, 0.25) is 0 Å². The highest BCUT2D eigenvalue weighted by Crippen LogP contribution is 2.22. The van der Waals surface area contributed by atoms with Crippen molar-refractivity contribution in [3.05, 3.63) is 11.6 Å². The van der Waals surface area contributed by atoms with Crippen molar-refractivity contribution in [3.63, 3.8) is 0 Å². The van der Waals surface area contributed by atoms with Gasteiger partial charge in [0.1, 0.15) is 11.6 Å². The van der Waals surface area contributed by atoms with Crippen molar-refractivity contribution in [1.29, 1.82) is 0 Å². The van der Waals surface area contributed by atoms with Gasteiger partial charge < -0.3 is 9.88 Å². The number of nitrogens with zero attached hydrogens (tertiary/aromatic N) is 3. The summed E-state index contributed by atoms with van der Waals surface area (Å²) < 4.78 is 2.34. The summed E-state index contributed by atoms with van der Waals surface area (Å²) in [6.45, 7) is 9.94. The van der Waals surface area contributed by atoms with Crippen LogP contribution in [0.5, 0.6) is 0 Å². The van der Waals surface area contributed by atoms with Gasteiger partial charge in [-0.15, -0.1) is 10.2 Å². The average Bonchev–Trinajstić information content (AvgIpc) is 2.72. The Kier molecular flexibility index (Phi) is 4.15. The van der Waals surface area contributed by atoms with E-state index in [0.717, 1.165) is 37.8 Å². The summed E-state index contributed by atoms with van der Waals surface area (Å²) in [5.41, 5.74) is 0. The first-order chi connectivity index (χ1) is 8.22. The van der Waals surface area contributed by atoms with Crippen LogP contribution in [0, 0.1) is 5.92 Å². The van der Waals surface area contributed by atoms with E-state index in [0.29, 0.717) is 5.92 Å². The van der Waals surface area contributed by atoms with E-state index < -0.39 is 0 Å². The highest BCUT2D eigenvalue weighted by Gasteiger charge is 2.23. The third-order valence-electron chi connectivity index (χ3n) is 3.45. The maximum atomic E-state index is 4.32.